The smallest absolute Gasteiger partial charge is 0.457 e. The van der Waals surface area contributed by atoms with Gasteiger partial charge in [0, 0.05) is 13.0 Å². The summed E-state index contributed by atoms with van der Waals surface area (Å²) in [4.78, 5) is 23.0. The average molecular weight is 915 g/mol. The monoisotopic (exact) mass is 915 g/mol. The van der Waals surface area contributed by atoms with E-state index in [0.717, 1.165) is 32.1 Å². The molecular formula is C54H109NO7P+. The first-order valence-electron chi connectivity index (χ1n) is 27.4. The largest absolute Gasteiger partial charge is 0.472 e. The van der Waals surface area contributed by atoms with E-state index < -0.39 is 13.9 Å². The second-order valence-corrected chi connectivity index (χ2v) is 21.4. The number of carbonyl (C=O) groups excluding carboxylic acids is 1. The molecule has 0 saturated heterocycles. The molecule has 376 valence electrons. The number of esters is 1. The molecular weight excluding hydrogens is 806 g/mol. The Morgan fingerprint density at radius 2 is 0.825 bits per heavy atom. The van der Waals surface area contributed by atoms with Crippen molar-refractivity contribution in [2.75, 3.05) is 54.1 Å². The van der Waals surface area contributed by atoms with E-state index in [-0.39, 0.29) is 25.8 Å². The highest BCUT2D eigenvalue weighted by atomic mass is 31.2. The highest BCUT2D eigenvalue weighted by Gasteiger charge is 2.26. The third-order valence-electron chi connectivity index (χ3n) is 12.3. The van der Waals surface area contributed by atoms with Gasteiger partial charge in [0.25, 0.3) is 0 Å². The van der Waals surface area contributed by atoms with Crippen LogP contribution in [0.25, 0.3) is 0 Å². The third-order valence-corrected chi connectivity index (χ3v) is 13.3. The molecule has 0 aromatic carbocycles. The Hall–Kier alpha value is -0.760. The van der Waals surface area contributed by atoms with Crippen molar-refractivity contribution in [1.82, 2.24) is 0 Å². The van der Waals surface area contributed by atoms with Crippen LogP contribution in [0.4, 0.5) is 0 Å². The molecule has 0 rings (SSSR count). The van der Waals surface area contributed by atoms with E-state index in [9.17, 15) is 14.3 Å². The first-order valence-corrected chi connectivity index (χ1v) is 28.9. The molecule has 0 radical (unpaired) electrons. The van der Waals surface area contributed by atoms with Gasteiger partial charge in [0.05, 0.1) is 34.4 Å². The summed E-state index contributed by atoms with van der Waals surface area (Å²) in [6.45, 7) is 5.69. The van der Waals surface area contributed by atoms with Crippen molar-refractivity contribution in [3.05, 3.63) is 12.2 Å². The molecule has 0 saturated carbocycles. The molecule has 2 unspecified atom stereocenters. The first-order chi connectivity index (χ1) is 30.6. The minimum Gasteiger partial charge on any atom is -0.457 e. The molecule has 63 heavy (non-hydrogen) atoms. The van der Waals surface area contributed by atoms with Gasteiger partial charge in [0.1, 0.15) is 19.3 Å². The second kappa shape index (κ2) is 47.7. The normalized spacial score (nSPS) is 13.6. The van der Waals surface area contributed by atoms with Gasteiger partial charge in [-0.25, -0.2) is 4.57 Å². The number of hydrogen-bond acceptors (Lipinski definition) is 6. The molecule has 0 bridgehead atoms. The summed E-state index contributed by atoms with van der Waals surface area (Å²) in [6, 6.07) is 0. The van der Waals surface area contributed by atoms with Crippen LogP contribution in [0.1, 0.15) is 271 Å². The topological polar surface area (TPSA) is 91.3 Å². The summed E-state index contributed by atoms with van der Waals surface area (Å²) in [5.74, 6) is -0.307. The Bertz CT molecular complexity index is 1020. The van der Waals surface area contributed by atoms with Gasteiger partial charge in [-0.1, -0.05) is 238 Å². The Morgan fingerprint density at radius 3 is 1.21 bits per heavy atom. The van der Waals surface area contributed by atoms with Crippen molar-refractivity contribution in [1.29, 1.82) is 0 Å². The summed E-state index contributed by atoms with van der Waals surface area (Å²) < 4.78 is 35.2. The van der Waals surface area contributed by atoms with Crippen molar-refractivity contribution in [3.8, 4) is 0 Å². The molecule has 0 aromatic heterocycles. The van der Waals surface area contributed by atoms with E-state index in [2.05, 4.69) is 26.0 Å². The fraction of sp³-hybridized carbons (Fsp3) is 0.944. The molecule has 0 aliphatic rings. The van der Waals surface area contributed by atoms with Crippen LogP contribution in [0, 0.1) is 0 Å². The summed E-state index contributed by atoms with van der Waals surface area (Å²) >= 11 is 0. The minimum atomic E-state index is -4.27. The van der Waals surface area contributed by atoms with Gasteiger partial charge < -0.3 is 18.9 Å². The van der Waals surface area contributed by atoms with Crippen molar-refractivity contribution in [2.45, 2.75) is 277 Å². The van der Waals surface area contributed by atoms with Gasteiger partial charge in [-0.15, -0.1) is 0 Å². The predicted molar refractivity (Wildman–Crippen MR) is 270 cm³/mol. The highest BCUT2D eigenvalue weighted by molar-refractivity contribution is 7.47. The van der Waals surface area contributed by atoms with E-state index in [1.807, 2.05) is 21.1 Å². The van der Waals surface area contributed by atoms with Crippen LogP contribution >= 0.6 is 7.82 Å². The number of nitrogens with zero attached hydrogens (tertiary/aromatic N) is 1. The molecule has 8 nitrogen and oxygen atoms in total. The Balaban J connectivity index is 4.00. The van der Waals surface area contributed by atoms with Crippen LogP contribution in [0.2, 0.25) is 0 Å². The second-order valence-electron chi connectivity index (χ2n) is 20.0. The lowest BCUT2D eigenvalue weighted by molar-refractivity contribution is -0.870. The number of allylic oxidation sites excluding steroid dienone is 2. The zero-order chi connectivity index (χ0) is 46.2. The Kier molecular flexibility index (Phi) is 47.1. The summed E-state index contributed by atoms with van der Waals surface area (Å²) in [5.41, 5.74) is 0. The maximum atomic E-state index is 12.8. The average Bonchev–Trinajstić information content (AvgIpc) is 3.24. The molecule has 0 aromatic rings. The van der Waals surface area contributed by atoms with Crippen LogP contribution in [-0.2, 0) is 27.9 Å². The molecule has 0 amide bonds. The van der Waals surface area contributed by atoms with Crippen molar-refractivity contribution in [3.63, 3.8) is 0 Å². The van der Waals surface area contributed by atoms with Crippen LogP contribution in [-0.4, -0.2) is 75.6 Å². The van der Waals surface area contributed by atoms with E-state index in [0.29, 0.717) is 24.1 Å². The van der Waals surface area contributed by atoms with Crippen LogP contribution in [0.5, 0.6) is 0 Å². The minimum absolute atomic E-state index is 0.0927. The number of likely N-dealkylation sites (N-methyl/N-ethyl adjacent to an activating group) is 1. The number of unbranched alkanes of at least 4 members (excludes halogenated alkanes) is 36. The first kappa shape index (κ1) is 62.2. The maximum Gasteiger partial charge on any atom is 0.472 e. The lowest BCUT2D eigenvalue weighted by atomic mass is 10.0. The molecule has 1 N–H and O–H groups in total. The zero-order valence-electron chi connectivity index (χ0n) is 42.8. The fourth-order valence-electron chi connectivity index (χ4n) is 8.08. The lowest BCUT2D eigenvalue weighted by Gasteiger charge is -2.24. The molecule has 0 heterocycles. The quantitative estimate of drug-likeness (QED) is 0.0214. The number of rotatable bonds is 52. The van der Waals surface area contributed by atoms with E-state index in [4.69, 9.17) is 18.5 Å². The molecule has 9 heteroatoms. The molecule has 0 fully saturated rings. The molecule has 0 aliphatic heterocycles. The number of carbonyl (C=O) groups is 1. The fourth-order valence-corrected chi connectivity index (χ4v) is 8.82. The summed E-state index contributed by atoms with van der Waals surface area (Å²) in [6.07, 6.45) is 55.5. The van der Waals surface area contributed by atoms with Gasteiger partial charge in [-0.3, -0.25) is 13.8 Å². The molecule has 2 atom stereocenters. The van der Waals surface area contributed by atoms with Crippen LogP contribution in [0.15, 0.2) is 12.2 Å². The lowest BCUT2D eigenvalue weighted by Crippen LogP contribution is -2.37. The summed E-state index contributed by atoms with van der Waals surface area (Å²) in [7, 11) is 1.69. The maximum absolute atomic E-state index is 12.8. The van der Waals surface area contributed by atoms with Gasteiger partial charge in [0.15, 0.2) is 0 Å². The van der Waals surface area contributed by atoms with Crippen LogP contribution < -0.4 is 0 Å². The number of quaternary nitrogens is 1. The number of hydrogen-bond donors (Lipinski definition) is 1. The van der Waals surface area contributed by atoms with Gasteiger partial charge in [0.2, 0.25) is 0 Å². The Morgan fingerprint density at radius 1 is 0.476 bits per heavy atom. The van der Waals surface area contributed by atoms with Crippen molar-refractivity contribution >= 4 is 13.8 Å². The van der Waals surface area contributed by atoms with E-state index in [1.54, 1.807) is 0 Å². The third kappa shape index (κ3) is 52.1. The zero-order valence-corrected chi connectivity index (χ0v) is 43.7. The summed E-state index contributed by atoms with van der Waals surface area (Å²) in [5, 5.41) is 0. The SMILES string of the molecule is CCCCCCCCCC/C=C\CCCCCCCCCCCCCCCCOCC(COP(=O)(O)OCC[N+](C)(C)C)OC(=O)CCCCCCCCCCCCCCCCC. The number of ether oxygens (including phenoxy) is 2. The molecule has 0 aliphatic carbocycles. The predicted octanol–water partition coefficient (Wildman–Crippen LogP) is 17.0. The van der Waals surface area contributed by atoms with Crippen LogP contribution in [0.3, 0.4) is 0 Å². The van der Waals surface area contributed by atoms with Gasteiger partial charge >= 0.3 is 13.8 Å². The number of phosphoric acid groups is 1. The van der Waals surface area contributed by atoms with Gasteiger partial charge in [-0.2, -0.15) is 0 Å². The number of phosphoric ester groups is 1. The van der Waals surface area contributed by atoms with Crippen molar-refractivity contribution in [2.24, 2.45) is 0 Å². The standard InChI is InChI=1S/C54H108NO7P/c1-6-8-10-12-14-16-18-20-22-23-24-25-26-27-28-29-30-31-32-34-36-38-40-42-44-46-49-59-51-53(52-61-63(57,58)60-50-48-55(3,4)5)62-54(56)47-45-43-41-39-37-35-33-21-19-17-15-13-11-9-7-2/h23-24,53H,6-22,25-52H2,1-5H3/p+1/b24-23-. The van der Waals surface area contributed by atoms with E-state index in [1.165, 1.54) is 218 Å². The molecule has 0 spiro atoms. The highest BCUT2D eigenvalue weighted by Crippen LogP contribution is 2.43. The van der Waals surface area contributed by atoms with Gasteiger partial charge in [-0.05, 0) is 38.5 Å². The van der Waals surface area contributed by atoms with E-state index >= 15 is 0 Å². The Labute approximate surface area is 392 Å². The van der Waals surface area contributed by atoms with Crippen molar-refractivity contribution < 1.29 is 37.3 Å².